The van der Waals surface area contributed by atoms with Gasteiger partial charge < -0.3 is 9.94 Å². The van der Waals surface area contributed by atoms with Crippen LogP contribution in [0.2, 0.25) is 0 Å². The van der Waals surface area contributed by atoms with Crippen LogP contribution in [0.15, 0.2) is 29.4 Å². The van der Waals surface area contributed by atoms with E-state index in [-0.39, 0.29) is 0 Å². The standard InChI is InChI=1S/C10H11NO2/c12-11-6-9-4-2-1-3-8(9)5-10-7-13-10/h1-4,6,10,12H,5,7H2. The third-order valence-electron chi connectivity index (χ3n) is 2.10. The smallest absolute Gasteiger partial charge is 0.0850 e. The molecule has 1 aliphatic heterocycles. The molecule has 0 saturated carbocycles. The van der Waals surface area contributed by atoms with Crippen molar-refractivity contribution >= 4 is 6.21 Å². The lowest BCUT2D eigenvalue weighted by molar-refractivity contribution is 0.322. The van der Waals surface area contributed by atoms with Crippen molar-refractivity contribution in [2.24, 2.45) is 5.16 Å². The number of nitrogens with zero attached hydrogens (tertiary/aromatic N) is 1. The number of oxime groups is 1. The van der Waals surface area contributed by atoms with Crippen LogP contribution in [0, 0.1) is 0 Å². The summed E-state index contributed by atoms with van der Waals surface area (Å²) in [5.74, 6) is 0. The molecule has 1 aromatic rings. The number of ether oxygens (including phenoxy) is 1. The lowest BCUT2D eigenvalue weighted by atomic mass is 10.0. The fourth-order valence-electron chi connectivity index (χ4n) is 1.34. The first-order valence-electron chi connectivity index (χ1n) is 4.27. The van der Waals surface area contributed by atoms with Gasteiger partial charge in [0.2, 0.25) is 0 Å². The number of benzene rings is 1. The Morgan fingerprint density at radius 3 is 3.00 bits per heavy atom. The second-order valence-electron chi connectivity index (χ2n) is 3.10. The normalized spacial score (nSPS) is 20.8. The molecule has 0 aromatic heterocycles. The van der Waals surface area contributed by atoms with E-state index in [1.165, 1.54) is 11.8 Å². The van der Waals surface area contributed by atoms with E-state index in [4.69, 9.17) is 9.94 Å². The zero-order valence-corrected chi connectivity index (χ0v) is 7.18. The largest absolute Gasteiger partial charge is 0.411 e. The van der Waals surface area contributed by atoms with Crippen molar-refractivity contribution in [2.75, 3.05) is 6.61 Å². The minimum atomic E-state index is 0.369. The van der Waals surface area contributed by atoms with Crippen LogP contribution in [0.25, 0.3) is 0 Å². The summed E-state index contributed by atoms with van der Waals surface area (Å²) >= 11 is 0. The highest BCUT2D eigenvalue weighted by Gasteiger charge is 2.23. The summed E-state index contributed by atoms with van der Waals surface area (Å²) < 4.78 is 5.14. The van der Waals surface area contributed by atoms with Gasteiger partial charge in [0, 0.05) is 6.42 Å². The molecule has 1 fully saturated rings. The van der Waals surface area contributed by atoms with Gasteiger partial charge >= 0.3 is 0 Å². The third kappa shape index (κ3) is 2.06. The van der Waals surface area contributed by atoms with Crippen LogP contribution in [0.3, 0.4) is 0 Å². The molecule has 1 atom stereocenters. The van der Waals surface area contributed by atoms with Crippen LogP contribution in [0.5, 0.6) is 0 Å². The minimum Gasteiger partial charge on any atom is -0.411 e. The van der Waals surface area contributed by atoms with Crippen LogP contribution in [0.1, 0.15) is 11.1 Å². The Kier molecular flexibility index (Phi) is 2.27. The van der Waals surface area contributed by atoms with Crippen LogP contribution in [-0.2, 0) is 11.2 Å². The molecule has 0 aliphatic carbocycles. The van der Waals surface area contributed by atoms with Gasteiger partial charge in [-0.2, -0.15) is 0 Å². The van der Waals surface area contributed by atoms with E-state index >= 15 is 0 Å². The van der Waals surface area contributed by atoms with Crippen molar-refractivity contribution < 1.29 is 9.94 Å². The Morgan fingerprint density at radius 1 is 1.54 bits per heavy atom. The van der Waals surface area contributed by atoms with Gasteiger partial charge in [0.1, 0.15) is 0 Å². The highest BCUT2D eigenvalue weighted by molar-refractivity contribution is 5.81. The Morgan fingerprint density at radius 2 is 2.31 bits per heavy atom. The zero-order chi connectivity index (χ0) is 9.10. The maximum Gasteiger partial charge on any atom is 0.0850 e. The molecule has 1 aliphatic rings. The highest BCUT2D eigenvalue weighted by atomic mass is 16.6. The minimum absolute atomic E-state index is 0.369. The monoisotopic (exact) mass is 177 g/mol. The Bertz CT molecular complexity index is 318. The molecule has 1 saturated heterocycles. The summed E-state index contributed by atoms with van der Waals surface area (Å²) in [6.45, 7) is 0.852. The average Bonchev–Trinajstić information content (AvgIpc) is 2.93. The van der Waals surface area contributed by atoms with Gasteiger partial charge in [-0.1, -0.05) is 29.4 Å². The molecule has 68 valence electrons. The van der Waals surface area contributed by atoms with Crippen LogP contribution >= 0.6 is 0 Å². The van der Waals surface area contributed by atoms with E-state index in [2.05, 4.69) is 5.16 Å². The van der Waals surface area contributed by atoms with Crippen molar-refractivity contribution in [2.45, 2.75) is 12.5 Å². The molecule has 0 radical (unpaired) electrons. The molecular formula is C10H11NO2. The van der Waals surface area contributed by atoms with E-state index < -0.39 is 0 Å². The summed E-state index contributed by atoms with van der Waals surface area (Å²) in [6, 6.07) is 7.86. The predicted octanol–water partition coefficient (Wildman–Crippen LogP) is 1.44. The van der Waals surface area contributed by atoms with Crippen LogP contribution < -0.4 is 0 Å². The molecule has 1 N–H and O–H groups in total. The van der Waals surface area contributed by atoms with Gasteiger partial charge in [-0.05, 0) is 11.1 Å². The Hall–Kier alpha value is -1.35. The Labute approximate surface area is 76.6 Å². The molecule has 13 heavy (non-hydrogen) atoms. The second-order valence-corrected chi connectivity index (χ2v) is 3.10. The molecule has 1 heterocycles. The molecular weight excluding hydrogens is 166 g/mol. The molecule has 2 rings (SSSR count). The molecule has 0 amide bonds. The SMILES string of the molecule is ON=Cc1ccccc1CC1CO1. The van der Waals surface area contributed by atoms with E-state index in [1.54, 1.807) is 0 Å². The van der Waals surface area contributed by atoms with Crippen molar-refractivity contribution in [3.05, 3.63) is 35.4 Å². The predicted molar refractivity (Wildman–Crippen MR) is 49.3 cm³/mol. The molecule has 1 unspecified atom stereocenters. The lowest BCUT2D eigenvalue weighted by Gasteiger charge is -2.01. The van der Waals surface area contributed by atoms with Gasteiger partial charge in [-0.15, -0.1) is 0 Å². The van der Waals surface area contributed by atoms with E-state index in [9.17, 15) is 0 Å². The van der Waals surface area contributed by atoms with E-state index in [0.717, 1.165) is 18.6 Å². The zero-order valence-electron chi connectivity index (χ0n) is 7.18. The summed E-state index contributed by atoms with van der Waals surface area (Å²) in [7, 11) is 0. The van der Waals surface area contributed by atoms with Crippen molar-refractivity contribution in [3.8, 4) is 0 Å². The van der Waals surface area contributed by atoms with Crippen molar-refractivity contribution in [1.82, 2.24) is 0 Å². The third-order valence-corrected chi connectivity index (χ3v) is 2.10. The van der Waals surface area contributed by atoms with Gasteiger partial charge in [0.25, 0.3) is 0 Å². The lowest BCUT2D eigenvalue weighted by Crippen LogP contribution is -1.97. The average molecular weight is 177 g/mol. The van der Waals surface area contributed by atoms with Gasteiger partial charge in [0.05, 0.1) is 18.9 Å². The number of hydrogen-bond donors (Lipinski definition) is 1. The maximum absolute atomic E-state index is 8.43. The fourth-order valence-corrected chi connectivity index (χ4v) is 1.34. The van der Waals surface area contributed by atoms with Gasteiger partial charge in [-0.25, -0.2) is 0 Å². The summed E-state index contributed by atoms with van der Waals surface area (Å²) in [6.07, 6.45) is 2.73. The summed E-state index contributed by atoms with van der Waals surface area (Å²) in [5, 5.41) is 11.5. The first-order chi connectivity index (χ1) is 6.40. The molecule has 0 spiro atoms. The summed E-state index contributed by atoms with van der Waals surface area (Å²) in [4.78, 5) is 0. The van der Waals surface area contributed by atoms with Gasteiger partial charge in [0.15, 0.2) is 0 Å². The van der Waals surface area contributed by atoms with Gasteiger partial charge in [-0.3, -0.25) is 0 Å². The molecule has 3 nitrogen and oxygen atoms in total. The van der Waals surface area contributed by atoms with Crippen LogP contribution in [0.4, 0.5) is 0 Å². The molecule has 0 bridgehead atoms. The quantitative estimate of drug-likeness (QED) is 0.328. The first-order valence-corrected chi connectivity index (χ1v) is 4.27. The number of rotatable bonds is 3. The summed E-state index contributed by atoms with van der Waals surface area (Å²) in [5.41, 5.74) is 2.13. The van der Waals surface area contributed by atoms with Crippen LogP contribution in [-0.4, -0.2) is 24.1 Å². The van der Waals surface area contributed by atoms with Crippen molar-refractivity contribution in [3.63, 3.8) is 0 Å². The topological polar surface area (TPSA) is 45.1 Å². The Balaban J connectivity index is 2.19. The van der Waals surface area contributed by atoms with E-state index in [1.807, 2.05) is 24.3 Å². The fraction of sp³-hybridized carbons (Fsp3) is 0.300. The number of hydrogen-bond acceptors (Lipinski definition) is 3. The molecule has 3 heteroatoms. The highest BCUT2D eigenvalue weighted by Crippen LogP contribution is 2.18. The number of epoxide rings is 1. The maximum atomic E-state index is 8.43. The first kappa shape index (κ1) is 8.26. The van der Waals surface area contributed by atoms with E-state index in [0.29, 0.717) is 6.10 Å². The van der Waals surface area contributed by atoms with Crippen molar-refractivity contribution in [1.29, 1.82) is 0 Å². The molecule has 1 aromatic carbocycles. The second kappa shape index (κ2) is 3.58.